The van der Waals surface area contributed by atoms with Gasteiger partial charge in [0, 0.05) is 17.8 Å². The van der Waals surface area contributed by atoms with E-state index in [1.165, 1.54) is 11.3 Å². The molecular formula is C18H21NO2. The number of para-hydroxylation sites is 1. The van der Waals surface area contributed by atoms with Gasteiger partial charge in [-0.3, -0.25) is 0 Å². The Hall–Kier alpha value is -2.16. The fourth-order valence-corrected chi connectivity index (χ4v) is 3.14. The highest BCUT2D eigenvalue weighted by Crippen LogP contribution is 2.38. The molecule has 0 bridgehead atoms. The Kier molecular flexibility index (Phi) is 4.00. The summed E-state index contributed by atoms with van der Waals surface area (Å²) in [5, 5.41) is 3.47. The molecule has 1 atom stereocenters. The average molecular weight is 283 g/mol. The van der Waals surface area contributed by atoms with Gasteiger partial charge >= 0.3 is 0 Å². The van der Waals surface area contributed by atoms with E-state index in [0.717, 1.165) is 36.4 Å². The molecule has 3 rings (SSSR count). The number of benzene rings is 2. The number of fused-ring (bicyclic) bond motifs is 1. The second-order valence-electron chi connectivity index (χ2n) is 5.34. The van der Waals surface area contributed by atoms with Crippen LogP contribution in [0.25, 0.3) is 0 Å². The van der Waals surface area contributed by atoms with Crippen molar-refractivity contribution in [2.45, 2.75) is 18.8 Å². The molecule has 3 heteroatoms. The first kappa shape index (κ1) is 13.8. The monoisotopic (exact) mass is 283 g/mol. The largest absolute Gasteiger partial charge is 0.496 e. The molecule has 1 aliphatic rings. The number of hydrogen-bond donors (Lipinski definition) is 1. The van der Waals surface area contributed by atoms with E-state index >= 15 is 0 Å². The van der Waals surface area contributed by atoms with Gasteiger partial charge in [-0.1, -0.05) is 24.3 Å². The Morgan fingerprint density at radius 3 is 2.43 bits per heavy atom. The molecule has 0 aromatic heterocycles. The molecule has 110 valence electrons. The van der Waals surface area contributed by atoms with Crippen molar-refractivity contribution in [1.29, 1.82) is 0 Å². The fourth-order valence-electron chi connectivity index (χ4n) is 3.14. The van der Waals surface area contributed by atoms with Gasteiger partial charge in [0.2, 0.25) is 0 Å². The van der Waals surface area contributed by atoms with E-state index in [1.54, 1.807) is 14.2 Å². The summed E-state index contributed by atoms with van der Waals surface area (Å²) in [5.41, 5.74) is 3.79. The van der Waals surface area contributed by atoms with E-state index in [2.05, 4.69) is 29.6 Å². The second kappa shape index (κ2) is 6.08. The van der Waals surface area contributed by atoms with Gasteiger partial charge in [-0.15, -0.1) is 0 Å². The first-order valence-electron chi connectivity index (χ1n) is 7.36. The van der Waals surface area contributed by atoms with Crippen LogP contribution in [0.2, 0.25) is 0 Å². The zero-order valence-electron chi connectivity index (χ0n) is 12.6. The standard InChI is InChI=1S/C18H21NO2/c1-20-17-8-5-9-18(21-2)15(17)12-13-10-11-19-16-7-4-3-6-14(13)16/h3-9,13,19H,10-12H2,1-2H3. The minimum atomic E-state index is 0.493. The number of hydrogen-bond acceptors (Lipinski definition) is 3. The van der Waals surface area contributed by atoms with Crippen molar-refractivity contribution in [2.24, 2.45) is 0 Å². The van der Waals surface area contributed by atoms with Crippen molar-refractivity contribution >= 4 is 5.69 Å². The Bertz CT molecular complexity index is 602. The van der Waals surface area contributed by atoms with Gasteiger partial charge in [0.15, 0.2) is 0 Å². The van der Waals surface area contributed by atoms with Crippen molar-refractivity contribution < 1.29 is 9.47 Å². The molecule has 0 fully saturated rings. The summed E-state index contributed by atoms with van der Waals surface area (Å²) >= 11 is 0. The molecule has 0 aliphatic carbocycles. The van der Waals surface area contributed by atoms with E-state index in [-0.39, 0.29) is 0 Å². The third-order valence-electron chi connectivity index (χ3n) is 4.19. The molecule has 0 saturated heterocycles. The van der Waals surface area contributed by atoms with Crippen LogP contribution in [-0.4, -0.2) is 20.8 Å². The first-order chi connectivity index (χ1) is 10.3. The molecule has 1 N–H and O–H groups in total. The van der Waals surface area contributed by atoms with Gasteiger partial charge in [-0.05, 0) is 42.5 Å². The van der Waals surface area contributed by atoms with Crippen LogP contribution >= 0.6 is 0 Å². The van der Waals surface area contributed by atoms with Crippen molar-refractivity contribution in [3.8, 4) is 11.5 Å². The molecule has 2 aromatic carbocycles. The maximum atomic E-state index is 5.52. The van der Waals surface area contributed by atoms with E-state index in [9.17, 15) is 0 Å². The van der Waals surface area contributed by atoms with Gasteiger partial charge in [-0.25, -0.2) is 0 Å². The number of anilines is 1. The fraction of sp³-hybridized carbons (Fsp3) is 0.333. The van der Waals surface area contributed by atoms with Crippen molar-refractivity contribution in [2.75, 3.05) is 26.1 Å². The van der Waals surface area contributed by atoms with Crippen molar-refractivity contribution in [3.05, 3.63) is 53.6 Å². The van der Waals surface area contributed by atoms with Crippen LogP contribution in [0, 0.1) is 0 Å². The van der Waals surface area contributed by atoms with Crippen LogP contribution < -0.4 is 14.8 Å². The molecule has 0 saturated carbocycles. The van der Waals surface area contributed by atoms with Crippen molar-refractivity contribution in [3.63, 3.8) is 0 Å². The van der Waals surface area contributed by atoms with Crippen molar-refractivity contribution in [1.82, 2.24) is 0 Å². The molecule has 1 heterocycles. The summed E-state index contributed by atoms with van der Waals surface area (Å²) in [6, 6.07) is 14.5. The lowest BCUT2D eigenvalue weighted by molar-refractivity contribution is 0.382. The van der Waals surface area contributed by atoms with Crippen LogP contribution in [0.3, 0.4) is 0 Å². The topological polar surface area (TPSA) is 30.5 Å². The van der Waals surface area contributed by atoms with E-state index < -0.39 is 0 Å². The quantitative estimate of drug-likeness (QED) is 0.924. The zero-order chi connectivity index (χ0) is 14.7. The van der Waals surface area contributed by atoms with Gasteiger partial charge in [0.1, 0.15) is 11.5 Å². The van der Waals surface area contributed by atoms with Crippen LogP contribution in [0.4, 0.5) is 5.69 Å². The molecule has 3 nitrogen and oxygen atoms in total. The first-order valence-corrected chi connectivity index (χ1v) is 7.36. The Morgan fingerprint density at radius 2 is 1.71 bits per heavy atom. The predicted molar refractivity (Wildman–Crippen MR) is 85.5 cm³/mol. The molecule has 21 heavy (non-hydrogen) atoms. The maximum Gasteiger partial charge on any atom is 0.125 e. The highest BCUT2D eigenvalue weighted by atomic mass is 16.5. The summed E-state index contributed by atoms with van der Waals surface area (Å²) in [6.45, 7) is 1.01. The number of rotatable bonds is 4. The minimum absolute atomic E-state index is 0.493. The van der Waals surface area contributed by atoms with Crippen LogP contribution in [0.1, 0.15) is 23.5 Å². The Labute approximate surface area is 125 Å². The summed E-state index contributed by atoms with van der Waals surface area (Å²) in [6.07, 6.45) is 2.06. The average Bonchev–Trinajstić information content (AvgIpc) is 2.55. The van der Waals surface area contributed by atoms with Crippen LogP contribution in [0.15, 0.2) is 42.5 Å². The van der Waals surface area contributed by atoms with E-state index in [0.29, 0.717) is 5.92 Å². The van der Waals surface area contributed by atoms with Crippen LogP contribution in [0.5, 0.6) is 11.5 Å². The molecule has 1 unspecified atom stereocenters. The zero-order valence-corrected chi connectivity index (χ0v) is 12.6. The highest BCUT2D eigenvalue weighted by molar-refractivity contribution is 5.56. The molecule has 1 aliphatic heterocycles. The molecular weight excluding hydrogens is 262 g/mol. The number of ether oxygens (including phenoxy) is 2. The Balaban J connectivity index is 1.95. The summed E-state index contributed by atoms with van der Waals surface area (Å²) < 4.78 is 11.0. The SMILES string of the molecule is COc1cccc(OC)c1CC1CCNc2ccccc21. The lowest BCUT2D eigenvalue weighted by atomic mass is 9.85. The molecule has 2 aromatic rings. The summed E-state index contributed by atoms with van der Waals surface area (Å²) in [7, 11) is 3.43. The van der Waals surface area contributed by atoms with Gasteiger partial charge in [0.05, 0.1) is 14.2 Å². The third-order valence-corrected chi connectivity index (χ3v) is 4.19. The van der Waals surface area contributed by atoms with E-state index in [4.69, 9.17) is 9.47 Å². The normalized spacial score (nSPS) is 16.8. The maximum absolute atomic E-state index is 5.52. The number of nitrogens with one attached hydrogen (secondary N) is 1. The minimum Gasteiger partial charge on any atom is -0.496 e. The summed E-state index contributed by atoms with van der Waals surface area (Å²) in [5.74, 6) is 2.31. The van der Waals surface area contributed by atoms with Gasteiger partial charge < -0.3 is 14.8 Å². The predicted octanol–water partition coefficient (Wildman–Crippen LogP) is 3.85. The van der Waals surface area contributed by atoms with Crippen LogP contribution in [-0.2, 0) is 6.42 Å². The number of methoxy groups -OCH3 is 2. The Morgan fingerprint density at radius 1 is 1.00 bits per heavy atom. The molecule has 0 radical (unpaired) electrons. The third kappa shape index (κ3) is 2.68. The lowest BCUT2D eigenvalue weighted by Gasteiger charge is -2.27. The molecule has 0 spiro atoms. The van der Waals surface area contributed by atoms with Gasteiger partial charge in [0.25, 0.3) is 0 Å². The van der Waals surface area contributed by atoms with Gasteiger partial charge in [-0.2, -0.15) is 0 Å². The highest BCUT2D eigenvalue weighted by Gasteiger charge is 2.22. The summed E-state index contributed by atoms with van der Waals surface area (Å²) in [4.78, 5) is 0. The van der Waals surface area contributed by atoms with E-state index in [1.807, 2.05) is 18.2 Å². The molecule has 0 amide bonds. The second-order valence-corrected chi connectivity index (χ2v) is 5.34. The smallest absolute Gasteiger partial charge is 0.125 e. The lowest BCUT2D eigenvalue weighted by Crippen LogP contribution is -2.18.